The predicted molar refractivity (Wildman–Crippen MR) is 58.9 cm³/mol. The highest BCUT2D eigenvalue weighted by Crippen LogP contribution is 2.24. The fourth-order valence-corrected chi connectivity index (χ4v) is 1.59. The lowest BCUT2D eigenvalue weighted by atomic mass is 10.1. The molecule has 1 rings (SSSR count). The summed E-state index contributed by atoms with van der Waals surface area (Å²) in [5.41, 5.74) is 1.89. The molecule has 0 spiro atoms. The van der Waals surface area contributed by atoms with E-state index in [1.165, 1.54) is 0 Å². The maximum absolute atomic E-state index is 11.9. The summed E-state index contributed by atoms with van der Waals surface area (Å²) in [6, 6.07) is 0.258. The highest BCUT2D eigenvalue weighted by Gasteiger charge is 2.30. The predicted octanol–water partition coefficient (Wildman–Crippen LogP) is 2.30. The van der Waals surface area contributed by atoms with Gasteiger partial charge in [0.2, 0.25) is 0 Å². The molecule has 14 heavy (non-hydrogen) atoms. The first kappa shape index (κ1) is 10.8. The molecule has 0 bridgehead atoms. The van der Waals surface area contributed by atoms with Crippen molar-refractivity contribution in [3.8, 4) is 0 Å². The van der Waals surface area contributed by atoms with Gasteiger partial charge in [-0.3, -0.25) is 4.79 Å². The SMILES string of the molecule is C=C/C=C1/C(=O)N(C(C)C)C/C1=C/C. The van der Waals surface area contributed by atoms with Gasteiger partial charge in [-0.1, -0.05) is 18.7 Å². The van der Waals surface area contributed by atoms with Gasteiger partial charge in [-0.15, -0.1) is 0 Å². The van der Waals surface area contributed by atoms with E-state index >= 15 is 0 Å². The van der Waals surface area contributed by atoms with E-state index in [4.69, 9.17) is 0 Å². The second-order valence-electron chi connectivity index (χ2n) is 3.66. The highest BCUT2D eigenvalue weighted by molar-refractivity contribution is 6.01. The molecular formula is C12H17NO. The number of rotatable bonds is 2. The molecule has 0 unspecified atom stereocenters. The van der Waals surface area contributed by atoms with Crippen molar-refractivity contribution < 1.29 is 4.79 Å². The van der Waals surface area contributed by atoms with E-state index in [1.54, 1.807) is 12.2 Å². The van der Waals surface area contributed by atoms with Crippen LogP contribution in [0.4, 0.5) is 0 Å². The van der Waals surface area contributed by atoms with E-state index in [1.807, 2.05) is 31.7 Å². The number of hydrogen-bond donors (Lipinski definition) is 0. The lowest BCUT2D eigenvalue weighted by molar-refractivity contribution is -0.126. The number of carbonyl (C=O) groups is 1. The molecule has 76 valence electrons. The van der Waals surface area contributed by atoms with Crippen LogP contribution in [0.5, 0.6) is 0 Å². The summed E-state index contributed by atoms with van der Waals surface area (Å²) in [7, 11) is 0. The van der Waals surface area contributed by atoms with Crippen molar-refractivity contribution in [3.63, 3.8) is 0 Å². The van der Waals surface area contributed by atoms with E-state index in [-0.39, 0.29) is 11.9 Å². The van der Waals surface area contributed by atoms with Crippen molar-refractivity contribution in [1.82, 2.24) is 4.90 Å². The summed E-state index contributed by atoms with van der Waals surface area (Å²) < 4.78 is 0. The van der Waals surface area contributed by atoms with Crippen molar-refractivity contribution in [2.45, 2.75) is 26.8 Å². The van der Waals surface area contributed by atoms with Gasteiger partial charge in [0, 0.05) is 18.2 Å². The molecule has 0 aromatic carbocycles. The average molecular weight is 191 g/mol. The minimum atomic E-state index is 0.119. The molecule has 0 N–H and O–H groups in total. The normalized spacial score (nSPS) is 22.9. The zero-order valence-electron chi connectivity index (χ0n) is 9.08. The van der Waals surface area contributed by atoms with Gasteiger partial charge in [0.15, 0.2) is 0 Å². The van der Waals surface area contributed by atoms with Gasteiger partial charge in [0.05, 0.1) is 0 Å². The lowest BCUT2D eigenvalue weighted by Gasteiger charge is -2.19. The first-order valence-corrected chi connectivity index (χ1v) is 4.91. The van der Waals surface area contributed by atoms with Crippen LogP contribution in [0.25, 0.3) is 0 Å². The third-order valence-corrected chi connectivity index (χ3v) is 2.43. The molecule has 0 atom stereocenters. The molecule has 0 saturated carbocycles. The van der Waals surface area contributed by atoms with E-state index < -0.39 is 0 Å². The third kappa shape index (κ3) is 1.79. The molecular weight excluding hydrogens is 174 g/mol. The van der Waals surface area contributed by atoms with Crippen LogP contribution in [0.2, 0.25) is 0 Å². The number of nitrogens with zero attached hydrogens (tertiary/aromatic N) is 1. The van der Waals surface area contributed by atoms with Crippen molar-refractivity contribution in [2.24, 2.45) is 0 Å². The number of likely N-dealkylation sites (tertiary alicyclic amines) is 1. The van der Waals surface area contributed by atoms with Gasteiger partial charge in [-0.25, -0.2) is 0 Å². The highest BCUT2D eigenvalue weighted by atomic mass is 16.2. The molecule has 0 aromatic heterocycles. The van der Waals surface area contributed by atoms with E-state index in [9.17, 15) is 4.79 Å². The maximum atomic E-state index is 11.9. The molecule has 2 nitrogen and oxygen atoms in total. The van der Waals surface area contributed by atoms with Crippen LogP contribution in [0.1, 0.15) is 20.8 Å². The number of allylic oxidation sites excluding steroid dienone is 3. The van der Waals surface area contributed by atoms with Crippen LogP contribution >= 0.6 is 0 Å². The van der Waals surface area contributed by atoms with Crippen molar-refractivity contribution >= 4 is 5.91 Å². The third-order valence-electron chi connectivity index (χ3n) is 2.43. The monoisotopic (exact) mass is 191 g/mol. The van der Waals surface area contributed by atoms with Gasteiger partial charge in [-0.05, 0) is 32.4 Å². The van der Waals surface area contributed by atoms with Crippen LogP contribution in [0.15, 0.2) is 36.0 Å². The molecule has 0 aliphatic carbocycles. The van der Waals surface area contributed by atoms with E-state index in [2.05, 4.69) is 6.58 Å². The van der Waals surface area contributed by atoms with E-state index in [0.29, 0.717) is 0 Å². The van der Waals surface area contributed by atoms with Gasteiger partial charge in [-0.2, -0.15) is 0 Å². The number of carbonyl (C=O) groups excluding carboxylic acids is 1. The molecule has 1 saturated heterocycles. The Balaban J connectivity index is 3.03. The molecule has 1 aliphatic heterocycles. The molecule has 2 heteroatoms. The largest absolute Gasteiger partial charge is 0.332 e. The second-order valence-corrected chi connectivity index (χ2v) is 3.66. The molecule has 1 fully saturated rings. The standard InChI is InChI=1S/C12H17NO/c1-5-7-11-10(6-2)8-13(9(3)4)12(11)14/h5-7,9H,1,8H2,2-4H3/b10-6-,11-7+. The Morgan fingerprint density at radius 2 is 2.14 bits per heavy atom. The van der Waals surface area contributed by atoms with Gasteiger partial charge < -0.3 is 4.90 Å². The molecule has 1 amide bonds. The first-order chi connectivity index (χ1) is 6.61. The second kappa shape index (κ2) is 4.27. The Labute approximate surface area is 85.6 Å². The smallest absolute Gasteiger partial charge is 0.254 e. The van der Waals surface area contributed by atoms with Gasteiger partial charge >= 0.3 is 0 Å². The Hall–Kier alpha value is -1.31. The van der Waals surface area contributed by atoms with Crippen molar-refractivity contribution in [2.75, 3.05) is 6.54 Å². The van der Waals surface area contributed by atoms with Crippen LogP contribution < -0.4 is 0 Å². The fourth-order valence-electron chi connectivity index (χ4n) is 1.59. The number of hydrogen-bond acceptors (Lipinski definition) is 1. The Kier molecular flexibility index (Phi) is 3.28. The molecule has 0 aromatic rings. The lowest BCUT2D eigenvalue weighted by Crippen LogP contribution is -2.32. The maximum Gasteiger partial charge on any atom is 0.254 e. The van der Waals surface area contributed by atoms with E-state index in [0.717, 1.165) is 17.7 Å². The summed E-state index contributed by atoms with van der Waals surface area (Å²) in [5.74, 6) is 0.119. The van der Waals surface area contributed by atoms with Crippen molar-refractivity contribution in [1.29, 1.82) is 0 Å². The Bertz CT molecular complexity index is 310. The Morgan fingerprint density at radius 1 is 1.50 bits per heavy atom. The van der Waals surface area contributed by atoms with Crippen LogP contribution in [0, 0.1) is 0 Å². The average Bonchev–Trinajstić information content (AvgIpc) is 2.45. The molecule has 1 heterocycles. The minimum absolute atomic E-state index is 0.119. The van der Waals surface area contributed by atoms with Gasteiger partial charge in [0.1, 0.15) is 0 Å². The van der Waals surface area contributed by atoms with Crippen LogP contribution in [-0.4, -0.2) is 23.4 Å². The first-order valence-electron chi connectivity index (χ1n) is 4.91. The summed E-state index contributed by atoms with van der Waals surface area (Å²) in [4.78, 5) is 13.7. The zero-order valence-corrected chi connectivity index (χ0v) is 9.08. The van der Waals surface area contributed by atoms with Crippen molar-refractivity contribution in [3.05, 3.63) is 36.0 Å². The zero-order chi connectivity index (χ0) is 10.7. The van der Waals surface area contributed by atoms with Crippen LogP contribution in [0.3, 0.4) is 0 Å². The summed E-state index contributed by atoms with van der Waals surface area (Å²) in [5, 5.41) is 0. The quantitative estimate of drug-likeness (QED) is 0.613. The molecule has 0 radical (unpaired) electrons. The summed E-state index contributed by atoms with van der Waals surface area (Å²) >= 11 is 0. The molecule has 1 aliphatic rings. The van der Waals surface area contributed by atoms with Gasteiger partial charge in [0.25, 0.3) is 5.91 Å². The fraction of sp³-hybridized carbons (Fsp3) is 0.417. The topological polar surface area (TPSA) is 20.3 Å². The Morgan fingerprint density at radius 3 is 2.57 bits per heavy atom. The van der Waals surface area contributed by atoms with Crippen LogP contribution in [-0.2, 0) is 4.79 Å². The summed E-state index contributed by atoms with van der Waals surface area (Å²) in [6.07, 6.45) is 5.45. The number of amides is 1. The summed E-state index contributed by atoms with van der Waals surface area (Å²) in [6.45, 7) is 10.4. The minimum Gasteiger partial charge on any atom is -0.332 e.